The lowest BCUT2D eigenvalue weighted by molar-refractivity contribution is 0.0697. The summed E-state index contributed by atoms with van der Waals surface area (Å²) in [6, 6.07) is 3.86. The number of hydrogen-bond acceptors (Lipinski definition) is 5. The van der Waals surface area contributed by atoms with Gasteiger partial charge in [0.2, 0.25) is 10.0 Å². The molecule has 2 heterocycles. The Morgan fingerprint density at radius 3 is 2.16 bits per heavy atom. The van der Waals surface area contributed by atoms with E-state index >= 15 is 0 Å². The van der Waals surface area contributed by atoms with Crippen LogP contribution in [0.1, 0.15) is 55.3 Å². The highest BCUT2D eigenvalue weighted by Gasteiger charge is 2.30. The summed E-state index contributed by atoms with van der Waals surface area (Å²) in [4.78, 5) is 13.6. The molecule has 174 valence electrons. The van der Waals surface area contributed by atoms with Crippen molar-refractivity contribution < 1.29 is 23.4 Å². The Kier molecular flexibility index (Phi) is 8.75. The number of hydrogen-bond donors (Lipinski definition) is 2. The van der Waals surface area contributed by atoms with Crippen LogP contribution in [-0.2, 0) is 10.0 Å². The van der Waals surface area contributed by atoms with Gasteiger partial charge >= 0.3 is 5.97 Å². The Morgan fingerprint density at radius 1 is 1.03 bits per heavy atom. The molecule has 0 unspecified atom stereocenters. The number of aliphatic hydroxyl groups is 1. The van der Waals surface area contributed by atoms with Crippen molar-refractivity contribution in [2.75, 3.05) is 39.3 Å². The Hall–Kier alpha value is -1.19. The molecule has 0 bridgehead atoms. The van der Waals surface area contributed by atoms with Gasteiger partial charge in [0, 0.05) is 19.6 Å². The fourth-order valence-electron chi connectivity index (χ4n) is 4.75. The van der Waals surface area contributed by atoms with Gasteiger partial charge in [0.1, 0.15) is 0 Å². The van der Waals surface area contributed by atoms with E-state index in [1.807, 2.05) is 0 Å². The SMILES string of the molecule is O=C(O)c1cc(S(=O)(=O)N2CCC(CCCC3CCN(CCO)CC3)CC2)ccc1Cl. The van der Waals surface area contributed by atoms with Crippen molar-refractivity contribution >= 4 is 27.6 Å². The van der Waals surface area contributed by atoms with E-state index in [-0.39, 0.29) is 22.1 Å². The zero-order valence-electron chi connectivity index (χ0n) is 17.9. The van der Waals surface area contributed by atoms with E-state index in [0.29, 0.717) is 19.0 Å². The van der Waals surface area contributed by atoms with Crippen LogP contribution in [-0.4, -0.2) is 73.1 Å². The molecule has 2 N–H and O–H groups in total. The average molecular weight is 473 g/mol. The van der Waals surface area contributed by atoms with Crippen LogP contribution in [0.15, 0.2) is 23.1 Å². The third-order valence-corrected chi connectivity index (χ3v) is 8.95. The van der Waals surface area contributed by atoms with Crippen LogP contribution in [0.5, 0.6) is 0 Å². The predicted octanol–water partition coefficient (Wildman–Crippen LogP) is 3.31. The first-order valence-corrected chi connectivity index (χ1v) is 13.0. The zero-order valence-corrected chi connectivity index (χ0v) is 19.5. The summed E-state index contributed by atoms with van der Waals surface area (Å²) >= 11 is 5.87. The summed E-state index contributed by atoms with van der Waals surface area (Å²) in [6.07, 6.45) is 7.64. The number of carboxylic acid groups (broad SMARTS) is 1. The molecule has 0 amide bonds. The second kappa shape index (κ2) is 11.1. The summed E-state index contributed by atoms with van der Waals surface area (Å²) in [5.74, 6) is 0.0734. The number of β-amino-alcohol motifs (C(OH)–C–C–N with tert-alkyl or cyclic N) is 1. The second-order valence-corrected chi connectivity index (χ2v) is 11.1. The van der Waals surface area contributed by atoms with Crippen molar-refractivity contribution in [3.63, 3.8) is 0 Å². The molecule has 9 heteroatoms. The number of piperidine rings is 2. The largest absolute Gasteiger partial charge is 0.478 e. The molecule has 2 aliphatic rings. The van der Waals surface area contributed by atoms with Crippen molar-refractivity contribution in [1.82, 2.24) is 9.21 Å². The van der Waals surface area contributed by atoms with Gasteiger partial charge in [-0.05, 0) is 68.8 Å². The molecular weight excluding hydrogens is 440 g/mol. The highest BCUT2D eigenvalue weighted by Crippen LogP contribution is 2.30. The average Bonchev–Trinajstić information content (AvgIpc) is 2.75. The first-order chi connectivity index (χ1) is 14.8. The van der Waals surface area contributed by atoms with Crippen LogP contribution in [0, 0.1) is 11.8 Å². The van der Waals surface area contributed by atoms with Gasteiger partial charge in [0.25, 0.3) is 0 Å². The van der Waals surface area contributed by atoms with Gasteiger partial charge in [-0.3, -0.25) is 0 Å². The van der Waals surface area contributed by atoms with Gasteiger partial charge in [-0.1, -0.05) is 30.9 Å². The maximum atomic E-state index is 12.9. The molecule has 1 aromatic carbocycles. The molecule has 7 nitrogen and oxygen atoms in total. The summed E-state index contributed by atoms with van der Waals surface area (Å²) < 4.78 is 27.4. The molecule has 0 atom stereocenters. The fraction of sp³-hybridized carbons (Fsp3) is 0.682. The van der Waals surface area contributed by atoms with E-state index in [4.69, 9.17) is 16.7 Å². The number of halogens is 1. The second-order valence-electron chi connectivity index (χ2n) is 8.73. The maximum Gasteiger partial charge on any atom is 0.337 e. The fourth-order valence-corrected chi connectivity index (χ4v) is 6.45. The molecule has 0 radical (unpaired) electrons. The van der Waals surface area contributed by atoms with Gasteiger partial charge in [-0.2, -0.15) is 4.31 Å². The molecule has 0 saturated carbocycles. The lowest BCUT2D eigenvalue weighted by atomic mass is 9.87. The van der Waals surface area contributed by atoms with E-state index in [1.165, 1.54) is 42.1 Å². The van der Waals surface area contributed by atoms with Crippen LogP contribution < -0.4 is 0 Å². The van der Waals surface area contributed by atoms with E-state index in [1.54, 1.807) is 0 Å². The van der Waals surface area contributed by atoms with Gasteiger partial charge in [0.15, 0.2) is 0 Å². The number of likely N-dealkylation sites (tertiary alicyclic amines) is 1. The smallest absolute Gasteiger partial charge is 0.337 e. The third-order valence-electron chi connectivity index (χ3n) is 6.73. The Bertz CT molecular complexity index is 847. The molecular formula is C22H33ClN2O5S. The van der Waals surface area contributed by atoms with Crippen LogP contribution >= 0.6 is 11.6 Å². The first-order valence-electron chi connectivity index (χ1n) is 11.2. The minimum atomic E-state index is -3.72. The van der Waals surface area contributed by atoms with Crippen LogP contribution in [0.3, 0.4) is 0 Å². The summed E-state index contributed by atoms with van der Waals surface area (Å²) in [6.45, 7) is 4.11. The van der Waals surface area contributed by atoms with Crippen molar-refractivity contribution in [3.8, 4) is 0 Å². The summed E-state index contributed by atoms with van der Waals surface area (Å²) in [7, 11) is -3.72. The van der Waals surface area contributed by atoms with Crippen molar-refractivity contribution in [2.45, 2.75) is 49.8 Å². The van der Waals surface area contributed by atoms with E-state index < -0.39 is 16.0 Å². The number of aromatic carboxylic acids is 1. The Balaban J connectivity index is 1.44. The van der Waals surface area contributed by atoms with Gasteiger partial charge in [0.05, 0.1) is 22.1 Å². The zero-order chi connectivity index (χ0) is 22.4. The van der Waals surface area contributed by atoms with E-state index in [9.17, 15) is 18.3 Å². The van der Waals surface area contributed by atoms with Crippen LogP contribution in [0.4, 0.5) is 0 Å². The number of carboxylic acids is 1. The van der Waals surface area contributed by atoms with Crippen molar-refractivity contribution in [2.24, 2.45) is 11.8 Å². The molecule has 2 saturated heterocycles. The molecule has 2 fully saturated rings. The van der Waals surface area contributed by atoms with Crippen molar-refractivity contribution in [1.29, 1.82) is 0 Å². The van der Waals surface area contributed by atoms with Gasteiger partial charge < -0.3 is 15.1 Å². The number of rotatable bonds is 9. The summed E-state index contributed by atoms with van der Waals surface area (Å²) in [5.41, 5.74) is -0.195. The normalized spacial score (nSPS) is 20.2. The van der Waals surface area contributed by atoms with Crippen LogP contribution in [0.2, 0.25) is 5.02 Å². The lowest BCUT2D eigenvalue weighted by Gasteiger charge is -2.33. The maximum absolute atomic E-state index is 12.9. The summed E-state index contributed by atoms with van der Waals surface area (Å²) in [5, 5.41) is 18.3. The molecule has 0 aliphatic carbocycles. The number of benzene rings is 1. The van der Waals surface area contributed by atoms with Crippen LogP contribution in [0.25, 0.3) is 0 Å². The molecule has 0 aromatic heterocycles. The quantitative estimate of drug-likeness (QED) is 0.572. The highest BCUT2D eigenvalue weighted by atomic mass is 35.5. The molecule has 2 aliphatic heterocycles. The van der Waals surface area contributed by atoms with Gasteiger partial charge in [-0.25, -0.2) is 13.2 Å². The topological polar surface area (TPSA) is 98.1 Å². The monoisotopic (exact) mass is 472 g/mol. The molecule has 31 heavy (non-hydrogen) atoms. The Labute approximate surface area is 190 Å². The number of carbonyl (C=O) groups is 1. The minimum Gasteiger partial charge on any atom is -0.478 e. The highest BCUT2D eigenvalue weighted by molar-refractivity contribution is 7.89. The van der Waals surface area contributed by atoms with Gasteiger partial charge in [-0.15, -0.1) is 0 Å². The third kappa shape index (κ3) is 6.42. The minimum absolute atomic E-state index is 0.0136. The van der Waals surface area contributed by atoms with E-state index in [0.717, 1.165) is 50.9 Å². The molecule has 3 rings (SSSR count). The number of aliphatic hydroxyl groups excluding tert-OH is 1. The number of nitrogens with zero attached hydrogens (tertiary/aromatic N) is 2. The van der Waals surface area contributed by atoms with E-state index in [2.05, 4.69) is 4.90 Å². The predicted molar refractivity (Wildman–Crippen MR) is 120 cm³/mol. The Morgan fingerprint density at radius 2 is 1.61 bits per heavy atom. The standard InChI is InChI=1S/C22H33ClN2O5S/c23-21-5-4-19(16-20(21)22(27)28)31(29,30)25-12-8-18(9-13-25)3-1-2-17-6-10-24(11-7-17)14-15-26/h4-5,16-18,26H,1-3,6-15H2,(H,27,28). The first kappa shape index (κ1) is 24.5. The van der Waals surface area contributed by atoms with Crippen molar-refractivity contribution in [3.05, 3.63) is 28.8 Å². The lowest BCUT2D eigenvalue weighted by Crippen LogP contribution is -2.38. The number of sulfonamides is 1. The molecule has 0 spiro atoms. The molecule has 1 aromatic rings.